The molecule has 1 aromatic carbocycles. The lowest BCUT2D eigenvalue weighted by Gasteiger charge is -2.02. The van der Waals surface area contributed by atoms with Crippen molar-refractivity contribution in [1.82, 2.24) is 9.78 Å². The third-order valence-corrected chi connectivity index (χ3v) is 2.07. The van der Waals surface area contributed by atoms with Gasteiger partial charge in [-0.15, -0.1) is 5.10 Å². The molecular weight excluding hydrogens is 214 g/mol. The van der Waals surface area contributed by atoms with Crippen LogP contribution >= 0.6 is 11.6 Å². The molecule has 4 nitrogen and oxygen atoms in total. The van der Waals surface area contributed by atoms with Gasteiger partial charge in [-0.05, 0) is 18.2 Å². The minimum absolute atomic E-state index is 0.389. The highest BCUT2D eigenvalue weighted by atomic mass is 35.5. The van der Waals surface area contributed by atoms with E-state index in [0.717, 1.165) is 0 Å². The largest absolute Gasteiger partial charge is 0.436 e. The van der Waals surface area contributed by atoms with Gasteiger partial charge in [0, 0.05) is 12.1 Å². The van der Waals surface area contributed by atoms with Gasteiger partial charge in [0.25, 0.3) is 5.88 Å². The maximum atomic E-state index is 5.82. The van der Waals surface area contributed by atoms with Crippen LogP contribution in [0.1, 0.15) is 0 Å². The van der Waals surface area contributed by atoms with Crippen LogP contribution in [-0.2, 0) is 7.05 Å². The molecule has 0 saturated heterocycles. The van der Waals surface area contributed by atoms with E-state index in [1.807, 2.05) is 0 Å². The van der Waals surface area contributed by atoms with E-state index in [2.05, 4.69) is 5.10 Å². The number of ether oxygens (including phenoxy) is 1. The Hall–Kier alpha value is -1.68. The SMILES string of the molecule is Cn1cc(N)c(Oc2cccc(Cl)c2)n1. The predicted octanol–water partition coefficient (Wildman–Crippen LogP) is 2.45. The van der Waals surface area contributed by atoms with Gasteiger partial charge in [-0.25, -0.2) is 0 Å². The van der Waals surface area contributed by atoms with E-state index in [-0.39, 0.29) is 0 Å². The van der Waals surface area contributed by atoms with Crippen molar-refractivity contribution in [2.45, 2.75) is 0 Å². The Balaban J connectivity index is 2.25. The third kappa shape index (κ3) is 2.22. The zero-order valence-electron chi connectivity index (χ0n) is 8.14. The van der Waals surface area contributed by atoms with Crippen LogP contribution < -0.4 is 10.5 Å². The third-order valence-electron chi connectivity index (χ3n) is 1.83. The number of hydrogen-bond acceptors (Lipinski definition) is 3. The Kier molecular flexibility index (Phi) is 2.51. The fraction of sp³-hybridized carbons (Fsp3) is 0.100. The Morgan fingerprint density at radius 2 is 2.27 bits per heavy atom. The normalized spacial score (nSPS) is 10.3. The number of aryl methyl sites for hydroxylation is 1. The van der Waals surface area contributed by atoms with Crippen LogP contribution in [0.3, 0.4) is 0 Å². The number of aromatic nitrogens is 2. The Morgan fingerprint density at radius 1 is 1.47 bits per heavy atom. The number of halogens is 1. The zero-order valence-corrected chi connectivity index (χ0v) is 8.90. The number of nitrogens with zero attached hydrogens (tertiary/aromatic N) is 2. The summed E-state index contributed by atoms with van der Waals surface area (Å²) in [5, 5.41) is 4.67. The molecule has 0 aliphatic carbocycles. The van der Waals surface area contributed by atoms with Crippen molar-refractivity contribution in [1.29, 1.82) is 0 Å². The highest BCUT2D eigenvalue weighted by Crippen LogP contribution is 2.26. The van der Waals surface area contributed by atoms with E-state index >= 15 is 0 Å². The highest BCUT2D eigenvalue weighted by Gasteiger charge is 2.06. The number of rotatable bonds is 2. The fourth-order valence-corrected chi connectivity index (χ4v) is 1.39. The van der Waals surface area contributed by atoms with Gasteiger partial charge in [0.05, 0.1) is 6.20 Å². The predicted molar refractivity (Wildman–Crippen MR) is 59.1 cm³/mol. The van der Waals surface area contributed by atoms with Gasteiger partial charge in [0.1, 0.15) is 11.4 Å². The van der Waals surface area contributed by atoms with Crippen LogP contribution in [0.2, 0.25) is 5.02 Å². The molecule has 0 amide bonds. The molecule has 0 aliphatic rings. The molecule has 0 fully saturated rings. The molecule has 1 heterocycles. The lowest BCUT2D eigenvalue weighted by Crippen LogP contribution is -1.90. The minimum Gasteiger partial charge on any atom is -0.436 e. The summed E-state index contributed by atoms with van der Waals surface area (Å²) in [7, 11) is 1.78. The first-order valence-corrected chi connectivity index (χ1v) is 4.75. The number of benzene rings is 1. The van der Waals surface area contributed by atoms with E-state index in [9.17, 15) is 0 Å². The van der Waals surface area contributed by atoms with Gasteiger partial charge in [-0.3, -0.25) is 4.68 Å². The second kappa shape index (κ2) is 3.82. The first kappa shape index (κ1) is 9.86. The van der Waals surface area contributed by atoms with Crippen molar-refractivity contribution in [2.24, 2.45) is 7.05 Å². The molecule has 78 valence electrons. The van der Waals surface area contributed by atoms with E-state index in [0.29, 0.717) is 22.3 Å². The second-order valence-electron chi connectivity index (χ2n) is 3.12. The van der Waals surface area contributed by atoms with E-state index < -0.39 is 0 Å². The smallest absolute Gasteiger partial charge is 0.261 e. The van der Waals surface area contributed by atoms with Crippen LogP contribution in [0, 0.1) is 0 Å². The Bertz CT molecular complexity index is 481. The molecule has 2 rings (SSSR count). The van der Waals surface area contributed by atoms with E-state index in [1.165, 1.54) is 0 Å². The van der Waals surface area contributed by atoms with Gasteiger partial charge in [0.15, 0.2) is 0 Å². The molecule has 0 radical (unpaired) electrons. The first-order valence-electron chi connectivity index (χ1n) is 4.37. The molecule has 0 bridgehead atoms. The average molecular weight is 224 g/mol. The molecule has 0 unspecified atom stereocenters. The van der Waals surface area contributed by atoms with E-state index in [1.54, 1.807) is 42.2 Å². The highest BCUT2D eigenvalue weighted by molar-refractivity contribution is 6.30. The van der Waals surface area contributed by atoms with Crippen molar-refractivity contribution < 1.29 is 4.74 Å². The average Bonchev–Trinajstić information content (AvgIpc) is 2.45. The first-order chi connectivity index (χ1) is 7.15. The second-order valence-corrected chi connectivity index (χ2v) is 3.56. The summed E-state index contributed by atoms with van der Waals surface area (Å²) >= 11 is 5.82. The summed E-state index contributed by atoms with van der Waals surface area (Å²) in [6.07, 6.45) is 1.68. The summed E-state index contributed by atoms with van der Waals surface area (Å²) in [6, 6.07) is 7.07. The molecule has 0 atom stereocenters. The molecule has 2 aromatic rings. The molecule has 5 heteroatoms. The van der Waals surface area contributed by atoms with Crippen molar-refractivity contribution in [2.75, 3.05) is 5.73 Å². The lowest BCUT2D eigenvalue weighted by atomic mass is 10.3. The summed E-state index contributed by atoms with van der Waals surface area (Å²) in [5.41, 5.74) is 6.18. The van der Waals surface area contributed by atoms with Crippen LogP contribution in [0.15, 0.2) is 30.5 Å². The van der Waals surface area contributed by atoms with E-state index in [4.69, 9.17) is 22.1 Å². The molecule has 2 N–H and O–H groups in total. The topological polar surface area (TPSA) is 53.1 Å². The summed E-state index contributed by atoms with van der Waals surface area (Å²) in [4.78, 5) is 0. The molecule has 15 heavy (non-hydrogen) atoms. The van der Waals surface area contributed by atoms with Crippen LogP contribution in [-0.4, -0.2) is 9.78 Å². The van der Waals surface area contributed by atoms with Gasteiger partial charge in [0.2, 0.25) is 0 Å². The lowest BCUT2D eigenvalue weighted by molar-refractivity contribution is 0.456. The van der Waals surface area contributed by atoms with Crippen molar-refractivity contribution in [3.8, 4) is 11.6 Å². The van der Waals surface area contributed by atoms with Gasteiger partial charge in [-0.2, -0.15) is 0 Å². The van der Waals surface area contributed by atoms with Crippen molar-refractivity contribution in [3.63, 3.8) is 0 Å². The molecular formula is C10H10ClN3O. The molecule has 0 aliphatic heterocycles. The maximum Gasteiger partial charge on any atom is 0.261 e. The maximum absolute atomic E-state index is 5.82. The fourth-order valence-electron chi connectivity index (χ4n) is 1.21. The summed E-state index contributed by atoms with van der Waals surface area (Å²) in [6.45, 7) is 0. The molecule has 0 spiro atoms. The minimum atomic E-state index is 0.389. The van der Waals surface area contributed by atoms with Crippen LogP contribution in [0.5, 0.6) is 11.6 Å². The van der Waals surface area contributed by atoms with Crippen molar-refractivity contribution >= 4 is 17.3 Å². The number of nitrogens with two attached hydrogens (primary N) is 1. The monoisotopic (exact) mass is 223 g/mol. The Labute approximate surface area is 92.2 Å². The van der Waals surface area contributed by atoms with Gasteiger partial charge < -0.3 is 10.5 Å². The van der Waals surface area contributed by atoms with Crippen LogP contribution in [0.4, 0.5) is 5.69 Å². The number of hydrogen-bond donors (Lipinski definition) is 1. The Morgan fingerprint density at radius 3 is 2.87 bits per heavy atom. The summed E-state index contributed by atoms with van der Waals surface area (Å²) < 4.78 is 7.06. The quantitative estimate of drug-likeness (QED) is 0.851. The number of nitrogen functional groups attached to an aromatic ring is 1. The zero-order chi connectivity index (χ0) is 10.8. The summed E-state index contributed by atoms with van der Waals surface area (Å²) in [5.74, 6) is 1.01. The standard InChI is InChI=1S/C10H10ClN3O/c1-14-6-9(12)10(13-14)15-8-4-2-3-7(11)5-8/h2-6H,12H2,1H3. The van der Waals surface area contributed by atoms with Gasteiger partial charge >= 0.3 is 0 Å². The van der Waals surface area contributed by atoms with Crippen LogP contribution in [0.25, 0.3) is 0 Å². The molecule has 0 saturated carbocycles. The van der Waals surface area contributed by atoms with Gasteiger partial charge in [-0.1, -0.05) is 17.7 Å². The molecule has 1 aromatic heterocycles. The van der Waals surface area contributed by atoms with Crippen molar-refractivity contribution in [3.05, 3.63) is 35.5 Å². The number of anilines is 1.